The van der Waals surface area contributed by atoms with Gasteiger partial charge in [0.25, 0.3) is 0 Å². The Morgan fingerprint density at radius 3 is 2.38 bits per heavy atom. The van der Waals surface area contributed by atoms with Crippen molar-refractivity contribution in [3.8, 4) is 0 Å². The number of benzene rings is 1. The van der Waals surface area contributed by atoms with E-state index in [0.29, 0.717) is 18.4 Å². The second kappa shape index (κ2) is 7.08. The third kappa shape index (κ3) is 4.57. The number of carbonyl (C=O) groups excluding carboxylic acids is 1. The van der Waals surface area contributed by atoms with Crippen LogP contribution in [0.15, 0.2) is 24.3 Å². The molecule has 116 valence electrons. The highest BCUT2D eigenvalue weighted by molar-refractivity contribution is 5.81. The molecule has 0 aromatic heterocycles. The second-order valence-corrected chi connectivity index (χ2v) is 6.78. The molecular weight excluding hydrogens is 260 g/mol. The first-order chi connectivity index (χ1) is 9.95. The molecule has 0 aliphatic carbocycles. The van der Waals surface area contributed by atoms with Gasteiger partial charge in [0, 0.05) is 19.6 Å². The van der Waals surface area contributed by atoms with E-state index in [9.17, 15) is 4.79 Å². The molecular formula is C18H28N2O. The fourth-order valence-corrected chi connectivity index (χ4v) is 3.24. The van der Waals surface area contributed by atoms with E-state index < -0.39 is 0 Å². The van der Waals surface area contributed by atoms with Gasteiger partial charge in [0.1, 0.15) is 0 Å². The molecule has 1 aromatic rings. The molecule has 3 heteroatoms. The van der Waals surface area contributed by atoms with Gasteiger partial charge >= 0.3 is 0 Å². The molecule has 1 aliphatic rings. The Morgan fingerprint density at radius 2 is 1.81 bits per heavy atom. The first kappa shape index (κ1) is 16.0. The summed E-state index contributed by atoms with van der Waals surface area (Å²) in [5.41, 5.74) is 2.40. The lowest BCUT2D eigenvalue weighted by molar-refractivity contribution is -0.127. The van der Waals surface area contributed by atoms with Crippen LogP contribution in [0.3, 0.4) is 0 Å². The van der Waals surface area contributed by atoms with Crippen molar-refractivity contribution in [1.82, 2.24) is 10.2 Å². The lowest BCUT2D eigenvalue weighted by Crippen LogP contribution is -2.50. The first-order valence-electron chi connectivity index (χ1n) is 8.03. The summed E-state index contributed by atoms with van der Waals surface area (Å²) in [7, 11) is 0. The van der Waals surface area contributed by atoms with Crippen LogP contribution in [-0.2, 0) is 11.3 Å². The summed E-state index contributed by atoms with van der Waals surface area (Å²) < 4.78 is 0. The Bertz CT molecular complexity index is 459. The van der Waals surface area contributed by atoms with Crippen molar-refractivity contribution >= 4 is 5.91 Å². The van der Waals surface area contributed by atoms with Gasteiger partial charge in [-0.3, -0.25) is 9.69 Å². The molecule has 0 radical (unpaired) electrons. The van der Waals surface area contributed by atoms with Crippen LogP contribution in [0.4, 0.5) is 0 Å². The minimum Gasteiger partial charge on any atom is -0.351 e. The number of nitrogens with zero attached hydrogens (tertiary/aromatic N) is 1. The maximum atomic E-state index is 12.3. The average molecular weight is 288 g/mol. The molecule has 1 aliphatic heterocycles. The molecule has 21 heavy (non-hydrogen) atoms. The predicted molar refractivity (Wildman–Crippen MR) is 87.0 cm³/mol. The largest absolute Gasteiger partial charge is 0.351 e. The maximum absolute atomic E-state index is 12.3. The molecule has 1 heterocycles. The van der Waals surface area contributed by atoms with E-state index in [1.807, 2.05) is 6.92 Å². The molecule has 0 spiro atoms. The van der Waals surface area contributed by atoms with Crippen LogP contribution in [0.5, 0.6) is 0 Å². The van der Waals surface area contributed by atoms with E-state index in [-0.39, 0.29) is 11.9 Å². The summed E-state index contributed by atoms with van der Waals surface area (Å²) in [6, 6.07) is 8.27. The number of rotatable bonds is 4. The first-order valence-corrected chi connectivity index (χ1v) is 8.03. The number of piperidine rings is 1. The van der Waals surface area contributed by atoms with E-state index in [1.165, 1.54) is 12.0 Å². The summed E-state index contributed by atoms with van der Waals surface area (Å²) in [5.74, 6) is 1.50. The van der Waals surface area contributed by atoms with Crippen molar-refractivity contribution < 1.29 is 4.79 Å². The van der Waals surface area contributed by atoms with Gasteiger partial charge in [0.15, 0.2) is 0 Å². The van der Waals surface area contributed by atoms with Crippen LogP contribution in [0.2, 0.25) is 0 Å². The molecule has 1 amide bonds. The summed E-state index contributed by atoms with van der Waals surface area (Å²) >= 11 is 0. The zero-order valence-electron chi connectivity index (χ0n) is 13.7. The van der Waals surface area contributed by atoms with E-state index in [4.69, 9.17) is 0 Å². The van der Waals surface area contributed by atoms with Gasteiger partial charge in [-0.15, -0.1) is 0 Å². The van der Waals surface area contributed by atoms with E-state index in [0.717, 1.165) is 18.7 Å². The summed E-state index contributed by atoms with van der Waals surface area (Å²) in [4.78, 5) is 14.7. The molecule has 3 unspecified atom stereocenters. The van der Waals surface area contributed by atoms with E-state index in [1.54, 1.807) is 0 Å². The Labute approximate surface area is 128 Å². The van der Waals surface area contributed by atoms with Gasteiger partial charge in [-0.05, 0) is 37.7 Å². The standard InChI is InChI=1S/C18H28N2O/c1-13-5-7-17(8-6-13)10-19-18(21)16(4)20-11-14(2)9-15(3)12-20/h5-8,14-16H,9-12H2,1-4H3,(H,19,21). The lowest BCUT2D eigenvalue weighted by atomic mass is 9.91. The Kier molecular flexibility index (Phi) is 5.40. The third-order valence-corrected chi connectivity index (χ3v) is 4.41. The van der Waals surface area contributed by atoms with Gasteiger partial charge in [0.05, 0.1) is 6.04 Å². The Morgan fingerprint density at radius 1 is 1.24 bits per heavy atom. The molecule has 1 saturated heterocycles. The van der Waals surface area contributed by atoms with Gasteiger partial charge < -0.3 is 5.32 Å². The quantitative estimate of drug-likeness (QED) is 0.924. The van der Waals surface area contributed by atoms with Crippen LogP contribution < -0.4 is 5.32 Å². The molecule has 0 saturated carbocycles. The summed E-state index contributed by atoms with van der Waals surface area (Å²) in [5, 5.41) is 3.06. The smallest absolute Gasteiger partial charge is 0.237 e. The van der Waals surface area contributed by atoms with Gasteiger partial charge in [-0.25, -0.2) is 0 Å². The van der Waals surface area contributed by atoms with Gasteiger partial charge in [-0.2, -0.15) is 0 Å². The van der Waals surface area contributed by atoms with Crippen LogP contribution >= 0.6 is 0 Å². The van der Waals surface area contributed by atoms with Gasteiger partial charge in [-0.1, -0.05) is 43.7 Å². The summed E-state index contributed by atoms with van der Waals surface area (Å²) in [6.07, 6.45) is 1.27. The predicted octanol–water partition coefficient (Wildman–Crippen LogP) is 2.98. The average Bonchev–Trinajstić information content (AvgIpc) is 2.44. The van der Waals surface area contributed by atoms with Crippen LogP contribution in [-0.4, -0.2) is 29.9 Å². The number of nitrogens with one attached hydrogen (secondary N) is 1. The number of hydrogen-bond donors (Lipinski definition) is 1. The molecule has 2 rings (SSSR count). The molecule has 1 fully saturated rings. The van der Waals surface area contributed by atoms with E-state index in [2.05, 4.69) is 55.3 Å². The highest BCUT2D eigenvalue weighted by atomic mass is 16.2. The highest BCUT2D eigenvalue weighted by Gasteiger charge is 2.28. The minimum atomic E-state index is -0.0411. The fraction of sp³-hybridized carbons (Fsp3) is 0.611. The normalized spacial score (nSPS) is 24.6. The van der Waals surface area contributed by atoms with Crippen LogP contribution in [0.25, 0.3) is 0 Å². The molecule has 0 bridgehead atoms. The van der Waals surface area contributed by atoms with Crippen molar-refractivity contribution in [3.05, 3.63) is 35.4 Å². The van der Waals surface area contributed by atoms with Crippen LogP contribution in [0, 0.1) is 18.8 Å². The molecule has 1 N–H and O–H groups in total. The van der Waals surface area contributed by atoms with Crippen molar-refractivity contribution in [3.63, 3.8) is 0 Å². The van der Waals surface area contributed by atoms with Crippen molar-refractivity contribution in [2.75, 3.05) is 13.1 Å². The SMILES string of the molecule is Cc1ccc(CNC(=O)C(C)N2CC(C)CC(C)C2)cc1. The Balaban J connectivity index is 1.86. The monoisotopic (exact) mass is 288 g/mol. The van der Waals surface area contributed by atoms with Crippen LogP contribution in [0.1, 0.15) is 38.3 Å². The molecule has 1 aromatic carbocycles. The van der Waals surface area contributed by atoms with E-state index >= 15 is 0 Å². The zero-order chi connectivity index (χ0) is 15.4. The number of aryl methyl sites for hydroxylation is 1. The number of hydrogen-bond acceptors (Lipinski definition) is 2. The minimum absolute atomic E-state index is 0.0411. The van der Waals surface area contributed by atoms with Crippen molar-refractivity contribution in [2.45, 2.75) is 46.7 Å². The lowest BCUT2D eigenvalue weighted by Gasteiger charge is -2.38. The molecule has 3 nitrogen and oxygen atoms in total. The third-order valence-electron chi connectivity index (χ3n) is 4.41. The maximum Gasteiger partial charge on any atom is 0.237 e. The highest BCUT2D eigenvalue weighted by Crippen LogP contribution is 2.22. The second-order valence-electron chi connectivity index (χ2n) is 6.78. The zero-order valence-corrected chi connectivity index (χ0v) is 13.7. The number of carbonyl (C=O) groups is 1. The van der Waals surface area contributed by atoms with Gasteiger partial charge in [0.2, 0.25) is 5.91 Å². The fourth-order valence-electron chi connectivity index (χ4n) is 3.24. The number of likely N-dealkylation sites (tertiary alicyclic amines) is 1. The molecule has 3 atom stereocenters. The summed E-state index contributed by atoms with van der Waals surface area (Å²) in [6.45, 7) is 11.3. The topological polar surface area (TPSA) is 32.3 Å². The van der Waals surface area contributed by atoms with Crippen molar-refractivity contribution in [2.24, 2.45) is 11.8 Å². The Hall–Kier alpha value is -1.35. The number of amides is 1. The van der Waals surface area contributed by atoms with Crippen molar-refractivity contribution in [1.29, 1.82) is 0 Å².